The fraction of sp³-hybridized carbons (Fsp3) is 0.500. The highest BCUT2D eigenvalue weighted by Gasteiger charge is 2.50. The van der Waals surface area contributed by atoms with Crippen molar-refractivity contribution >= 4 is 101 Å². The van der Waals surface area contributed by atoms with Crippen molar-refractivity contribution in [2.75, 3.05) is 88.0 Å². The van der Waals surface area contributed by atoms with Crippen molar-refractivity contribution in [1.82, 2.24) is 39.9 Å². The number of aliphatic hydroxyl groups is 1. The van der Waals surface area contributed by atoms with Crippen LogP contribution < -0.4 is 25.6 Å². The molecule has 4 saturated heterocycles. The molecular weight excluding hydrogens is 1480 g/mol. The largest absolute Gasteiger partial charge is 0.501 e. The summed E-state index contributed by atoms with van der Waals surface area (Å²) in [6.07, 6.45) is 6.21. The molecule has 5 amide bonds. The van der Waals surface area contributed by atoms with Crippen LogP contribution in [-0.2, 0) is 39.0 Å². The number of thiazole rings is 1. The number of aromatic nitrogens is 1. The van der Waals surface area contributed by atoms with E-state index in [0.717, 1.165) is 109 Å². The Morgan fingerprint density at radius 2 is 1.45 bits per heavy atom. The molecule has 4 fully saturated rings. The Bertz CT molecular complexity index is 4440. The molecule has 4 aliphatic heterocycles. The zero-order valence-corrected chi connectivity index (χ0v) is 66.5. The molecule has 28 heteroatoms. The van der Waals surface area contributed by atoms with Gasteiger partial charge in [0, 0.05) is 124 Å². The van der Waals surface area contributed by atoms with Gasteiger partial charge in [0.2, 0.25) is 23.6 Å². The Kier molecular flexibility index (Phi) is 26.1. The van der Waals surface area contributed by atoms with Crippen LogP contribution in [-0.4, -0.2) is 184 Å². The number of carbonyl (C=O) groups excluding carboxylic acids is 5. The third kappa shape index (κ3) is 20.4. The Labute approximate surface area is 646 Å². The van der Waals surface area contributed by atoms with Gasteiger partial charge in [0.25, 0.3) is 25.8 Å². The van der Waals surface area contributed by atoms with Gasteiger partial charge in [0.05, 0.1) is 38.8 Å². The van der Waals surface area contributed by atoms with Crippen LogP contribution in [0, 0.1) is 23.2 Å². The van der Waals surface area contributed by atoms with Crippen LogP contribution in [0.15, 0.2) is 147 Å². The number of likely N-dealkylation sites (tertiary alicyclic amines) is 3. The molecule has 5 atom stereocenters. The van der Waals surface area contributed by atoms with E-state index in [1.165, 1.54) is 45.5 Å². The van der Waals surface area contributed by atoms with E-state index in [9.17, 15) is 59.1 Å². The summed E-state index contributed by atoms with van der Waals surface area (Å²) >= 11 is 9.21. The molecule has 1 spiro atoms. The second-order valence-electron chi connectivity index (χ2n) is 31.6. The molecule has 1 aliphatic carbocycles. The van der Waals surface area contributed by atoms with Crippen LogP contribution in [0.4, 0.5) is 24.5 Å². The maximum absolute atomic E-state index is 14.6. The number of piperazine rings is 1. The molecule has 582 valence electrons. The molecule has 0 radical (unpaired) electrons. The van der Waals surface area contributed by atoms with Crippen LogP contribution in [0.1, 0.15) is 152 Å². The van der Waals surface area contributed by atoms with Gasteiger partial charge >= 0.3 is 5.51 Å². The number of piperidine rings is 1. The summed E-state index contributed by atoms with van der Waals surface area (Å²) in [5.41, 5.74) is 2.59. The molecule has 11 rings (SSSR count). The molecule has 1 aromatic heterocycles. The zero-order chi connectivity index (χ0) is 77.5. The van der Waals surface area contributed by atoms with Crippen molar-refractivity contribution in [3.8, 4) is 10.4 Å². The van der Waals surface area contributed by atoms with Crippen LogP contribution in [0.5, 0.6) is 0 Å². The number of rotatable bonds is 28. The number of nitrogens with one attached hydrogen (secondary N) is 4. The van der Waals surface area contributed by atoms with E-state index in [1.54, 1.807) is 29.0 Å². The number of thioether (sulfide) groups is 1. The summed E-state index contributed by atoms with van der Waals surface area (Å²) in [6.45, 7) is 20.8. The van der Waals surface area contributed by atoms with Crippen molar-refractivity contribution < 1.29 is 59.1 Å². The Balaban J connectivity index is 0.633. The van der Waals surface area contributed by atoms with Crippen molar-refractivity contribution in [3.63, 3.8) is 0 Å². The molecule has 5 heterocycles. The number of β-amino-alcohol motifs (C(OH)–C–C–N with tert-alkyl or cyclic N) is 1. The zero-order valence-electron chi connectivity index (χ0n) is 62.4. The smallest absolute Gasteiger partial charge is 0.391 e. The molecule has 5 aromatic carbocycles. The number of anilines is 2. The van der Waals surface area contributed by atoms with Crippen LogP contribution in [0.3, 0.4) is 0 Å². The predicted octanol–water partition coefficient (Wildman–Crippen LogP) is 13.2. The van der Waals surface area contributed by atoms with Crippen molar-refractivity contribution in [2.45, 2.75) is 176 Å². The lowest BCUT2D eigenvalue weighted by molar-refractivity contribution is -0.144. The number of nitrogens with zero attached hydrogens (tertiary/aromatic N) is 6. The normalized spacial score (nSPS) is 19.5. The van der Waals surface area contributed by atoms with Gasteiger partial charge in [-0.1, -0.05) is 113 Å². The van der Waals surface area contributed by atoms with E-state index in [4.69, 9.17) is 11.6 Å². The molecule has 108 heavy (non-hydrogen) atoms. The second kappa shape index (κ2) is 34.5. The van der Waals surface area contributed by atoms with Gasteiger partial charge in [0.1, 0.15) is 17.0 Å². The van der Waals surface area contributed by atoms with Gasteiger partial charge in [-0.15, -0.1) is 23.1 Å². The highest BCUT2D eigenvalue weighted by atomic mass is 35.5. The first-order valence-electron chi connectivity index (χ1n) is 37.2. The van der Waals surface area contributed by atoms with Crippen molar-refractivity contribution in [2.24, 2.45) is 16.2 Å². The standard InChI is InChI=1S/C80H100ClF3N10O10S4/c1-53(55-18-20-57(21-19-55)72-54(2)85-52-106-72)86-75(99)68-44-63(95)48-94(68)76(100)73(77(3,4)5)88-70(96)16-12-9-13-17-71(97)93-38-35-79(36-39-93)50-91(51-79)37-33-61(49-105-64-14-10-8-11-15-64)87-67-31-30-65(45-69(67)107(101,102)80(82,83)84)108(103,104)89-74(98)58-24-28-62(29-25-58)92-42-40-90(41-43-92)47-59-46-78(6,7)34-32-66(59)56-22-26-60(81)27-23-56/h8,10-11,14-15,18-31,45,52-53,61,63,68,73,87,95H,9,12-13,16-17,32-44,46-51H2,1-7H3,(H,86,99)(H,88,96)(H,89,98)/t53-,61+,63+,68-,73+/m0/s1. The van der Waals surface area contributed by atoms with Crippen LogP contribution in [0.25, 0.3) is 16.0 Å². The van der Waals surface area contributed by atoms with E-state index >= 15 is 0 Å². The van der Waals surface area contributed by atoms with Gasteiger partial charge in [-0.3, -0.25) is 28.9 Å². The number of hydrogen-bond acceptors (Lipinski definition) is 17. The molecule has 5 N–H and O–H groups in total. The average Bonchev–Trinajstić information content (AvgIpc) is 1.04. The number of sulfone groups is 1. The van der Waals surface area contributed by atoms with Gasteiger partial charge in [-0.25, -0.2) is 26.5 Å². The Hall–Kier alpha value is -7.37. The van der Waals surface area contributed by atoms with E-state index in [2.05, 4.69) is 61.6 Å². The summed E-state index contributed by atoms with van der Waals surface area (Å²) in [5, 5.41) is 20.5. The molecular formula is C80H100ClF3N10O10S4. The first kappa shape index (κ1) is 81.6. The van der Waals surface area contributed by atoms with Crippen molar-refractivity contribution in [3.05, 3.63) is 160 Å². The number of alkyl halides is 3. The number of carbonyl (C=O) groups is 5. The molecule has 20 nitrogen and oxygen atoms in total. The minimum Gasteiger partial charge on any atom is -0.391 e. The Morgan fingerprint density at radius 3 is 2.10 bits per heavy atom. The lowest BCUT2D eigenvalue weighted by atomic mass is 9.72. The van der Waals surface area contributed by atoms with E-state index in [1.807, 2.05) is 111 Å². The number of unbranched alkanes of at least 4 members (excludes halogenated alkanes) is 2. The third-order valence-corrected chi connectivity index (χ3v) is 27.0. The summed E-state index contributed by atoms with van der Waals surface area (Å²) < 4.78 is 101. The fourth-order valence-electron chi connectivity index (χ4n) is 15.4. The average molecular weight is 1580 g/mol. The summed E-state index contributed by atoms with van der Waals surface area (Å²) in [6, 6.07) is 31.1. The minimum absolute atomic E-state index is 0.0245. The first-order valence-corrected chi connectivity index (χ1v) is 42.4. The number of aliphatic hydroxyl groups excluding tert-OH is 1. The lowest BCUT2D eigenvalue weighted by Crippen LogP contribution is -2.61. The topological polar surface area (TPSA) is 251 Å². The highest BCUT2D eigenvalue weighted by molar-refractivity contribution is 7.99. The van der Waals surface area contributed by atoms with Crippen molar-refractivity contribution in [1.29, 1.82) is 0 Å². The lowest BCUT2D eigenvalue weighted by Gasteiger charge is -2.54. The maximum Gasteiger partial charge on any atom is 0.501 e. The third-order valence-electron chi connectivity index (χ3n) is 21.7. The summed E-state index contributed by atoms with van der Waals surface area (Å²) in [7, 11) is -11.1. The van der Waals surface area contributed by atoms with Gasteiger partial charge in [0.15, 0.2) is 0 Å². The van der Waals surface area contributed by atoms with Gasteiger partial charge in [-0.05, 0) is 170 Å². The number of benzene rings is 5. The number of halogens is 4. The summed E-state index contributed by atoms with van der Waals surface area (Å²) in [4.78, 5) is 83.0. The van der Waals surface area contributed by atoms with Crippen LogP contribution in [0.2, 0.25) is 5.02 Å². The number of amides is 5. The van der Waals surface area contributed by atoms with Gasteiger partial charge in [-0.2, -0.15) is 13.2 Å². The quantitative estimate of drug-likeness (QED) is 0.0226. The van der Waals surface area contributed by atoms with E-state index < -0.39 is 88.2 Å². The number of sulfonamides is 1. The van der Waals surface area contributed by atoms with E-state index in [-0.39, 0.29) is 53.6 Å². The number of allylic oxidation sites excluding steroid dienone is 1. The fourth-order valence-corrected chi connectivity index (χ4v) is 19.4. The Morgan fingerprint density at radius 1 is 0.787 bits per heavy atom. The number of aryl methyl sites for hydroxylation is 1. The monoisotopic (exact) mass is 1580 g/mol. The molecule has 0 bridgehead atoms. The highest BCUT2D eigenvalue weighted by Crippen LogP contribution is 2.45. The number of hydrogen-bond donors (Lipinski definition) is 5. The maximum atomic E-state index is 14.6. The summed E-state index contributed by atoms with van der Waals surface area (Å²) in [5.74, 6) is -1.91. The SMILES string of the molecule is Cc1ncsc1-c1ccc([C@H](C)NC(=O)[C@@H]2C[C@@H](O)CN2C(=O)[C@@H](NC(=O)CCCCCC(=O)N2CCC3(CC2)CN(CC[C@H](CSc2ccccc2)Nc2ccc(S(=O)(=O)NC(=O)c4ccc(N5CCN(CC6=C(c7ccc(Cl)cc7)CCC(C)(C)C6)CC5)cc4)cc2S(=O)(=O)C(F)(F)F)C3)C(C)(C)C)cc1. The minimum atomic E-state index is -6.16. The first-order chi connectivity index (χ1) is 51.1. The molecule has 0 unspecified atom stereocenters. The molecule has 5 aliphatic rings. The molecule has 0 saturated carbocycles. The van der Waals surface area contributed by atoms with E-state index in [0.29, 0.717) is 81.7 Å². The predicted molar refractivity (Wildman–Crippen MR) is 419 cm³/mol. The second-order valence-corrected chi connectivity index (χ2v) is 37.5. The van der Waals surface area contributed by atoms with Crippen LogP contribution >= 0.6 is 34.7 Å². The molecule has 6 aromatic rings. The van der Waals surface area contributed by atoms with Gasteiger partial charge < -0.3 is 40.7 Å².